The van der Waals surface area contributed by atoms with Gasteiger partial charge in [0, 0.05) is 19.0 Å². The molecule has 0 spiro atoms. The lowest BCUT2D eigenvalue weighted by Gasteiger charge is -2.10. The molecule has 0 aliphatic rings. The molecule has 0 atom stereocenters. The first-order valence-electron chi connectivity index (χ1n) is 6.35. The quantitative estimate of drug-likeness (QED) is 0.728. The topological polar surface area (TPSA) is 52.8 Å². The van der Waals surface area contributed by atoms with Gasteiger partial charge in [-0.25, -0.2) is 4.68 Å². The molecular formula is C15H14N4O. The third kappa shape index (κ3) is 2.66. The smallest absolute Gasteiger partial charge is 0.155 e. The number of aromatic nitrogens is 4. The SMILES string of the molecule is Cn1nnnc1Cc1ccccc1Oc1ccccc1. The second kappa shape index (κ2) is 5.52. The Hall–Kier alpha value is -2.69. The highest BCUT2D eigenvalue weighted by Gasteiger charge is 2.09. The number of nitrogens with zero attached hydrogens (tertiary/aromatic N) is 4. The number of tetrazole rings is 1. The highest BCUT2D eigenvalue weighted by molar-refractivity contribution is 5.39. The molecule has 0 aliphatic carbocycles. The summed E-state index contributed by atoms with van der Waals surface area (Å²) >= 11 is 0. The summed E-state index contributed by atoms with van der Waals surface area (Å²) in [5.74, 6) is 2.44. The van der Waals surface area contributed by atoms with Crippen molar-refractivity contribution in [3.8, 4) is 11.5 Å². The molecule has 5 nitrogen and oxygen atoms in total. The third-order valence-electron chi connectivity index (χ3n) is 3.00. The van der Waals surface area contributed by atoms with Crippen LogP contribution in [0.2, 0.25) is 0 Å². The lowest BCUT2D eigenvalue weighted by atomic mass is 10.1. The van der Waals surface area contributed by atoms with Gasteiger partial charge < -0.3 is 4.74 Å². The normalized spacial score (nSPS) is 10.4. The second-order valence-electron chi connectivity index (χ2n) is 4.42. The molecule has 100 valence electrons. The molecule has 0 unspecified atom stereocenters. The predicted molar refractivity (Wildman–Crippen MR) is 74.6 cm³/mol. The molecule has 0 radical (unpaired) electrons. The maximum absolute atomic E-state index is 5.92. The fraction of sp³-hybridized carbons (Fsp3) is 0.133. The zero-order valence-electron chi connectivity index (χ0n) is 11.1. The predicted octanol–water partition coefficient (Wildman–Crippen LogP) is 2.59. The summed E-state index contributed by atoms with van der Waals surface area (Å²) in [5.41, 5.74) is 1.05. The van der Waals surface area contributed by atoms with Gasteiger partial charge in [0.1, 0.15) is 11.5 Å². The van der Waals surface area contributed by atoms with Crippen LogP contribution in [-0.4, -0.2) is 20.2 Å². The molecule has 1 aromatic heterocycles. The van der Waals surface area contributed by atoms with Crippen LogP contribution in [0.1, 0.15) is 11.4 Å². The van der Waals surface area contributed by atoms with Gasteiger partial charge in [0.2, 0.25) is 0 Å². The Morgan fingerprint density at radius 1 is 1.00 bits per heavy atom. The van der Waals surface area contributed by atoms with E-state index in [1.165, 1.54) is 0 Å². The molecule has 0 bridgehead atoms. The molecule has 0 N–H and O–H groups in total. The van der Waals surface area contributed by atoms with Crippen molar-refractivity contribution >= 4 is 0 Å². The van der Waals surface area contributed by atoms with E-state index in [-0.39, 0.29) is 0 Å². The first kappa shape index (κ1) is 12.3. The van der Waals surface area contributed by atoms with Gasteiger partial charge in [-0.2, -0.15) is 0 Å². The summed E-state index contributed by atoms with van der Waals surface area (Å²) in [7, 11) is 1.83. The second-order valence-corrected chi connectivity index (χ2v) is 4.42. The van der Waals surface area contributed by atoms with Crippen LogP contribution in [0.3, 0.4) is 0 Å². The van der Waals surface area contributed by atoms with Crippen molar-refractivity contribution in [1.29, 1.82) is 0 Å². The van der Waals surface area contributed by atoms with Crippen molar-refractivity contribution < 1.29 is 4.74 Å². The van der Waals surface area contributed by atoms with Gasteiger partial charge in [-0.05, 0) is 28.6 Å². The molecule has 0 aliphatic heterocycles. The zero-order chi connectivity index (χ0) is 13.8. The van der Waals surface area contributed by atoms with Crippen LogP contribution in [0.15, 0.2) is 54.6 Å². The first-order valence-corrected chi connectivity index (χ1v) is 6.35. The summed E-state index contributed by atoms with van der Waals surface area (Å²) in [6, 6.07) is 17.6. The Bertz CT molecular complexity index is 694. The van der Waals surface area contributed by atoms with Crippen molar-refractivity contribution in [2.24, 2.45) is 7.05 Å². The standard InChI is InChI=1S/C15H14N4O/c1-19-15(16-17-18-19)11-12-7-5-6-10-14(12)20-13-8-3-2-4-9-13/h2-10H,11H2,1H3. The monoisotopic (exact) mass is 266 g/mol. The molecule has 20 heavy (non-hydrogen) atoms. The Kier molecular flexibility index (Phi) is 3.41. The van der Waals surface area contributed by atoms with Crippen molar-refractivity contribution in [3.05, 3.63) is 66.0 Å². The van der Waals surface area contributed by atoms with E-state index in [0.717, 1.165) is 22.9 Å². The van der Waals surface area contributed by atoms with Crippen LogP contribution in [-0.2, 0) is 13.5 Å². The van der Waals surface area contributed by atoms with Crippen LogP contribution < -0.4 is 4.74 Å². The van der Waals surface area contributed by atoms with E-state index in [0.29, 0.717) is 6.42 Å². The number of para-hydroxylation sites is 2. The molecule has 0 saturated heterocycles. The number of hydrogen-bond acceptors (Lipinski definition) is 4. The molecule has 1 heterocycles. The minimum absolute atomic E-state index is 0.631. The van der Waals surface area contributed by atoms with Gasteiger partial charge in [0.25, 0.3) is 0 Å². The van der Waals surface area contributed by atoms with Crippen molar-refractivity contribution in [1.82, 2.24) is 20.2 Å². The van der Waals surface area contributed by atoms with Crippen molar-refractivity contribution in [3.63, 3.8) is 0 Å². The third-order valence-corrected chi connectivity index (χ3v) is 3.00. The fourth-order valence-corrected chi connectivity index (χ4v) is 1.93. The summed E-state index contributed by atoms with van der Waals surface area (Å²) < 4.78 is 7.59. The van der Waals surface area contributed by atoms with Gasteiger partial charge >= 0.3 is 0 Å². The highest BCUT2D eigenvalue weighted by Crippen LogP contribution is 2.26. The lowest BCUT2D eigenvalue weighted by molar-refractivity contribution is 0.476. The molecule has 0 saturated carbocycles. The minimum Gasteiger partial charge on any atom is -0.457 e. The van der Waals surface area contributed by atoms with E-state index < -0.39 is 0 Å². The van der Waals surface area contributed by atoms with Gasteiger partial charge in [0.05, 0.1) is 0 Å². The summed E-state index contributed by atoms with van der Waals surface area (Å²) in [6.45, 7) is 0. The van der Waals surface area contributed by atoms with Gasteiger partial charge in [-0.3, -0.25) is 0 Å². The molecule has 3 aromatic rings. The molecule has 0 amide bonds. The molecule has 0 fully saturated rings. The molecule has 5 heteroatoms. The van der Waals surface area contributed by atoms with E-state index in [9.17, 15) is 0 Å². The number of ether oxygens (including phenoxy) is 1. The Balaban J connectivity index is 1.87. The number of rotatable bonds is 4. The molecule has 3 rings (SSSR count). The Morgan fingerprint density at radius 3 is 2.50 bits per heavy atom. The van der Waals surface area contributed by atoms with E-state index in [1.807, 2.05) is 61.6 Å². The van der Waals surface area contributed by atoms with Crippen LogP contribution >= 0.6 is 0 Å². The average molecular weight is 266 g/mol. The molecular weight excluding hydrogens is 252 g/mol. The fourth-order valence-electron chi connectivity index (χ4n) is 1.93. The summed E-state index contributed by atoms with van der Waals surface area (Å²) in [4.78, 5) is 0. The van der Waals surface area contributed by atoms with E-state index in [1.54, 1.807) is 4.68 Å². The minimum atomic E-state index is 0.631. The summed E-state index contributed by atoms with van der Waals surface area (Å²) in [5, 5.41) is 11.5. The van der Waals surface area contributed by atoms with E-state index >= 15 is 0 Å². The summed E-state index contributed by atoms with van der Waals surface area (Å²) in [6.07, 6.45) is 0.631. The van der Waals surface area contributed by atoms with Crippen LogP contribution in [0.25, 0.3) is 0 Å². The van der Waals surface area contributed by atoms with Gasteiger partial charge in [-0.15, -0.1) is 5.10 Å². The first-order chi connectivity index (χ1) is 9.83. The van der Waals surface area contributed by atoms with Crippen LogP contribution in [0, 0.1) is 0 Å². The Morgan fingerprint density at radius 2 is 1.75 bits per heavy atom. The zero-order valence-corrected chi connectivity index (χ0v) is 11.1. The lowest BCUT2D eigenvalue weighted by Crippen LogP contribution is -2.01. The van der Waals surface area contributed by atoms with E-state index in [2.05, 4.69) is 15.5 Å². The average Bonchev–Trinajstić information content (AvgIpc) is 2.88. The number of benzene rings is 2. The van der Waals surface area contributed by atoms with Gasteiger partial charge in [0.15, 0.2) is 5.82 Å². The van der Waals surface area contributed by atoms with Crippen molar-refractivity contribution in [2.75, 3.05) is 0 Å². The van der Waals surface area contributed by atoms with Crippen LogP contribution in [0.4, 0.5) is 0 Å². The molecule has 2 aromatic carbocycles. The van der Waals surface area contributed by atoms with Crippen LogP contribution in [0.5, 0.6) is 11.5 Å². The maximum atomic E-state index is 5.92. The highest BCUT2D eigenvalue weighted by atomic mass is 16.5. The van der Waals surface area contributed by atoms with Crippen molar-refractivity contribution in [2.45, 2.75) is 6.42 Å². The maximum Gasteiger partial charge on any atom is 0.155 e. The number of aryl methyl sites for hydroxylation is 1. The van der Waals surface area contributed by atoms with E-state index in [4.69, 9.17) is 4.74 Å². The number of hydrogen-bond donors (Lipinski definition) is 0. The van der Waals surface area contributed by atoms with Gasteiger partial charge in [-0.1, -0.05) is 36.4 Å². The largest absolute Gasteiger partial charge is 0.457 e. The Labute approximate surface area is 116 Å².